The van der Waals surface area contributed by atoms with E-state index >= 15 is 0 Å². The first-order valence-corrected chi connectivity index (χ1v) is 49.7. The number of aliphatic hydroxyl groups is 1. The quantitative estimate of drug-likeness (QED) is 0.0222. The fourth-order valence-corrected chi connectivity index (χ4v) is 15.7. The van der Waals surface area contributed by atoms with Crippen molar-refractivity contribution in [3.63, 3.8) is 0 Å². The summed E-state index contributed by atoms with van der Waals surface area (Å²) in [5.41, 5.74) is 0. The van der Waals surface area contributed by atoms with Crippen molar-refractivity contribution in [2.24, 2.45) is 23.7 Å². The molecule has 0 heterocycles. The van der Waals surface area contributed by atoms with E-state index in [2.05, 4.69) is 55.4 Å². The number of unbranched alkanes of at least 4 members (excludes halogenated alkanes) is 53. The number of ether oxygens (including phenoxy) is 4. The normalized spacial score (nSPS) is 14.1. The van der Waals surface area contributed by atoms with Crippen molar-refractivity contribution in [2.75, 3.05) is 39.6 Å². The standard InChI is InChI=1S/C91H178O17P2/c1-9-84(8)70-62-54-49-50-56-64-72-89(94)102-78-87(108-91(96)74-65-57-47-41-35-29-23-17-13-11-15-20-26-32-38-44-52-60-68-82(4)5)80-106-110(99,100)104-76-85(92)75-103-109(97,98)105-79-86(107-90(95)73-66-58-48-42-36-30-24-18-21-27-33-39-45-53-61-69-83(6)7)77-101-88(93)71-63-55-46-40-34-28-22-16-12-10-14-19-25-31-37-43-51-59-67-81(2)3/h81-87,92H,9-80H2,1-8H3,(H,97,98)(H,99,100)/t84?,85-,86-,87-/m1/s1. The van der Waals surface area contributed by atoms with Crippen molar-refractivity contribution < 1.29 is 80.2 Å². The summed E-state index contributed by atoms with van der Waals surface area (Å²) >= 11 is 0. The Morgan fingerprint density at radius 2 is 0.436 bits per heavy atom. The molecule has 0 aromatic carbocycles. The topological polar surface area (TPSA) is 237 Å². The van der Waals surface area contributed by atoms with Crippen LogP contribution < -0.4 is 0 Å². The van der Waals surface area contributed by atoms with Gasteiger partial charge in [-0.2, -0.15) is 0 Å². The van der Waals surface area contributed by atoms with Crippen molar-refractivity contribution in [2.45, 2.75) is 497 Å². The third-order valence-electron chi connectivity index (χ3n) is 21.7. The van der Waals surface area contributed by atoms with Crippen molar-refractivity contribution in [3.05, 3.63) is 0 Å². The Labute approximate surface area is 677 Å². The molecule has 654 valence electrons. The third-order valence-corrected chi connectivity index (χ3v) is 23.6. The summed E-state index contributed by atoms with van der Waals surface area (Å²) in [6, 6.07) is 0. The molecule has 0 spiro atoms. The fourth-order valence-electron chi connectivity index (χ4n) is 14.2. The van der Waals surface area contributed by atoms with Crippen LogP contribution in [0.1, 0.15) is 479 Å². The molecule has 6 atom stereocenters. The summed E-state index contributed by atoms with van der Waals surface area (Å²) in [6.07, 6.45) is 71.0. The first kappa shape index (κ1) is 108. The van der Waals surface area contributed by atoms with Crippen molar-refractivity contribution >= 4 is 39.5 Å². The second-order valence-electron chi connectivity index (χ2n) is 34.4. The Hall–Kier alpha value is -1.94. The molecular formula is C91H178O17P2. The van der Waals surface area contributed by atoms with Gasteiger partial charge in [0, 0.05) is 25.7 Å². The minimum atomic E-state index is -4.97. The van der Waals surface area contributed by atoms with E-state index in [0.29, 0.717) is 25.7 Å². The minimum Gasteiger partial charge on any atom is -0.462 e. The molecule has 0 radical (unpaired) electrons. The first-order valence-electron chi connectivity index (χ1n) is 46.7. The lowest BCUT2D eigenvalue weighted by molar-refractivity contribution is -0.161. The van der Waals surface area contributed by atoms with Crippen LogP contribution in [0.5, 0.6) is 0 Å². The molecule has 0 aliphatic heterocycles. The van der Waals surface area contributed by atoms with Crippen molar-refractivity contribution in [1.29, 1.82) is 0 Å². The molecule has 0 aromatic rings. The number of aliphatic hydroxyl groups excluding tert-OH is 1. The average Bonchev–Trinajstić information content (AvgIpc) is 0.897. The highest BCUT2D eigenvalue weighted by Crippen LogP contribution is 2.45. The average molecular weight is 1610 g/mol. The molecule has 0 aliphatic rings. The zero-order chi connectivity index (χ0) is 80.9. The Kier molecular flexibility index (Phi) is 78.1. The molecule has 3 unspecified atom stereocenters. The molecule has 17 nitrogen and oxygen atoms in total. The van der Waals surface area contributed by atoms with Gasteiger partial charge in [-0.1, -0.05) is 428 Å². The zero-order valence-corrected chi connectivity index (χ0v) is 74.7. The molecule has 0 aliphatic carbocycles. The van der Waals surface area contributed by atoms with Gasteiger partial charge in [-0.15, -0.1) is 0 Å². The maximum atomic E-state index is 13.2. The van der Waals surface area contributed by atoms with E-state index in [-0.39, 0.29) is 25.7 Å². The summed E-state index contributed by atoms with van der Waals surface area (Å²) in [4.78, 5) is 73.4. The molecule has 0 saturated heterocycles. The number of esters is 4. The van der Waals surface area contributed by atoms with Gasteiger partial charge >= 0.3 is 39.5 Å². The highest BCUT2D eigenvalue weighted by atomic mass is 31.2. The van der Waals surface area contributed by atoms with Gasteiger partial charge in [0.15, 0.2) is 12.2 Å². The third kappa shape index (κ3) is 82.6. The van der Waals surface area contributed by atoms with Gasteiger partial charge in [-0.25, -0.2) is 9.13 Å². The molecule has 19 heteroatoms. The van der Waals surface area contributed by atoms with Crippen LogP contribution in [0.15, 0.2) is 0 Å². The monoisotopic (exact) mass is 1610 g/mol. The lowest BCUT2D eigenvalue weighted by Gasteiger charge is -2.21. The van der Waals surface area contributed by atoms with E-state index in [0.717, 1.165) is 120 Å². The van der Waals surface area contributed by atoms with Crippen LogP contribution in [0.25, 0.3) is 0 Å². The number of rotatable bonds is 88. The van der Waals surface area contributed by atoms with Crippen LogP contribution in [0.2, 0.25) is 0 Å². The SMILES string of the molecule is CCC(C)CCCCCCCCC(=O)OC[C@H](COP(=O)(O)OC[C@H](O)COP(=O)(O)OC[C@@H](COC(=O)CCCCCCCCCCCCCCCCCCCCC(C)C)OC(=O)CCCCCCCCCCCCCCCCCC(C)C)OC(=O)CCCCCCCCCCCCCCCCCCCCC(C)C. The van der Waals surface area contributed by atoms with Gasteiger partial charge in [0.25, 0.3) is 0 Å². The van der Waals surface area contributed by atoms with Gasteiger partial charge in [0.2, 0.25) is 0 Å². The van der Waals surface area contributed by atoms with Crippen LogP contribution in [0.3, 0.4) is 0 Å². The van der Waals surface area contributed by atoms with Crippen LogP contribution in [0.4, 0.5) is 0 Å². The highest BCUT2D eigenvalue weighted by molar-refractivity contribution is 7.47. The molecule has 3 N–H and O–H groups in total. The minimum absolute atomic E-state index is 0.107. The van der Waals surface area contributed by atoms with E-state index in [4.69, 9.17) is 37.0 Å². The second-order valence-corrected chi connectivity index (χ2v) is 37.3. The second kappa shape index (κ2) is 79.5. The molecule has 0 amide bonds. The predicted octanol–water partition coefficient (Wildman–Crippen LogP) is 27.9. The van der Waals surface area contributed by atoms with E-state index < -0.39 is 97.5 Å². The number of hydrogen-bond donors (Lipinski definition) is 3. The number of hydrogen-bond acceptors (Lipinski definition) is 15. The van der Waals surface area contributed by atoms with E-state index in [1.807, 2.05) is 0 Å². The smallest absolute Gasteiger partial charge is 0.462 e. The van der Waals surface area contributed by atoms with E-state index in [1.54, 1.807) is 0 Å². The summed E-state index contributed by atoms with van der Waals surface area (Å²) in [5, 5.41) is 10.7. The Morgan fingerprint density at radius 1 is 0.255 bits per heavy atom. The van der Waals surface area contributed by atoms with Gasteiger partial charge in [0.1, 0.15) is 19.3 Å². The van der Waals surface area contributed by atoms with Crippen molar-refractivity contribution in [3.8, 4) is 0 Å². The Balaban J connectivity index is 5.21. The van der Waals surface area contributed by atoms with Crippen LogP contribution in [0, 0.1) is 23.7 Å². The lowest BCUT2D eigenvalue weighted by Crippen LogP contribution is -2.30. The molecule has 0 saturated carbocycles. The molecule has 0 bridgehead atoms. The van der Waals surface area contributed by atoms with Crippen molar-refractivity contribution in [1.82, 2.24) is 0 Å². The van der Waals surface area contributed by atoms with Crippen LogP contribution in [-0.4, -0.2) is 96.7 Å². The largest absolute Gasteiger partial charge is 0.472 e. The predicted molar refractivity (Wildman–Crippen MR) is 455 cm³/mol. The fraction of sp³-hybridized carbons (Fsp3) is 0.956. The number of phosphoric acid groups is 2. The number of carbonyl (C=O) groups excluding carboxylic acids is 4. The molecule has 0 aromatic heterocycles. The van der Waals surface area contributed by atoms with Gasteiger partial charge < -0.3 is 33.8 Å². The Bertz CT molecular complexity index is 2130. The molecule has 0 rings (SSSR count). The van der Waals surface area contributed by atoms with Crippen LogP contribution in [-0.2, 0) is 65.4 Å². The van der Waals surface area contributed by atoms with Gasteiger partial charge in [0.05, 0.1) is 26.4 Å². The molecule has 110 heavy (non-hydrogen) atoms. The maximum absolute atomic E-state index is 13.2. The number of carbonyl (C=O) groups is 4. The highest BCUT2D eigenvalue weighted by Gasteiger charge is 2.31. The Morgan fingerprint density at radius 3 is 0.645 bits per heavy atom. The zero-order valence-electron chi connectivity index (χ0n) is 72.9. The van der Waals surface area contributed by atoms with E-state index in [1.165, 1.54) is 276 Å². The molecular weight excluding hydrogens is 1430 g/mol. The summed E-state index contributed by atoms with van der Waals surface area (Å²) in [5.74, 6) is 1.07. The summed E-state index contributed by atoms with van der Waals surface area (Å²) < 4.78 is 69.0. The van der Waals surface area contributed by atoms with Gasteiger partial charge in [-0.3, -0.25) is 37.3 Å². The van der Waals surface area contributed by atoms with E-state index in [9.17, 15) is 43.2 Å². The lowest BCUT2D eigenvalue weighted by atomic mass is 10.00. The number of phosphoric ester groups is 2. The van der Waals surface area contributed by atoms with Crippen LogP contribution >= 0.6 is 15.6 Å². The summed E-state index contributed by atoms with van der Waals surface area (Å²) in [7, 11) is -9.94. The van der Waals surface area contributed by atoms with Gasteiger partial charge in [-0.05, 0) is 49.4 Å². The summed E-state index contributed by atoms with van der Waals surface area (Å²) in [6.45, 7) is 14.4. The first-order chi connectivity index (χ1) is 53.1. The molecule has 0 fully saturated rings. The maximum Gasteiger partial charge on any atom is 0.472 e.